The number of alkyl halides is 3. The molecule has 182 valence electrons. The van der Waals surface area contributed by atoms with Crippen LogP contribution in [-0.4, -0.2) is 23.9 Å². The standard InChI is InChI=1S/C29H24F3N3O/c1-34(2)22-10-6-11-24(18-22)36-23-16-14-21(15-17-23)28-25-12-7-13-26(29(30,31)32)27(25)33-35(28)19-20-8-4-3-5-9-20/h3-18H,19H2,1-2H3. The van der Waals surface area contributed by atoms with Crippen LogP contribution in [0.5, 0.6) is 11.5 Å². The van der Waals surface area contributed by atoms with Crippen molar-refractivity contribution in [2.24, 2.45) is 0 Å². The molecular weight excluding hydrogens is 463 g/mol. The molecule has 0 saturated heterocycles. The zero-order valence-corrected chi connectivity index (χ0v) is 19.8. The van der Waals surface area contributed by atoms with Gasteiger partial charge in [-0.15, -0.1) is 0 Å². The predicted molar refractivity (Wildman–Crippen MR) is 137 cm³/mol. The van der Waals surface area contributed by atoms with Gasteiger partial charge in [-0.2, -0.15) is 18.3 Å². The first kappa shape index (κ1) is 23.5. The molecule has 0 radical (unpaired) electrons. The normalized spacial score (nSPS) is 11.6. The van der Waals surface area contributed by atoms with E-state index in [0.717, 1.165) is 22.9 Å². The second kappa shape index (κ2) is 9.41. The highest BCUT2D eigenvalue weighted by molar-refractivity contribution is 5.95. The molecule has 1 aromatic heterocycles. The lowest BCUT2D eigenvalue weighted by atomic mass is 10.0. The molecule has 7 heteroatoms. The summed E-state index contributed by atoms with van der Waals surface area (Å²) in [7, 11) is 3.92. The van der Waals surface area contributed by atoms with Crippen molar-refractivity contribution in [2.45, 2.75) is 12.7 Å². The average molecular weight is 488 g/mol. The largest absolute Gasteiger partial charge is 0.457 e. The molecule has 0 saturated carbocycles. The van der Waals surface area contributed by atoms with Gasteiger partial charge >= 0.3 is 6.18 Å². The van der Waals surface area contributed by atoms with Crippen LogP contribution >= 0.6 is 0 Å². The van der Waals surface area contributed by atoms with Gasteiger partial charge < -0.3 is 9.64 Å². The second-order valence-corrected chi connectivity index (χ2v) is 8.71. The molecule has 0 unspecified atom stereocenters. The Morgan fingerprint density at radius 1 is 0.806 bits per heavy atom. The van der Waals surface area contributed by atoms with Crippen LogP contribution in [0, 0.1) is 0 Å². The fraction of sp³-hybridized carbons (Fsp3) is 0.138. The van der Waals surface area contributed by atoms with Crippen molar-refractivity contribution >= 4 is 16.6 Å². The van der Waals surface area contributed by atoms with E-state index in [1.54, 1.807) is 10.7 Å². The second-order valence-electron chi connectivity index (χ2n) is 8.71. The molecule has 4 nitrogen and oxygen atoms in total. The van der Waals surface area contributed by atoms with Crippen LogP contribution in [0.3, 0.4) is 0 Å². The summed E-state index contributed by atoms with van der Waals surface area (Å²) >= 11 is 0. The predicted octanol–water partition coefficient (Wildman–Crippen LogP) is 7.63. The van der Waals surface area contributed by atoms with Crippen molar-refractivity contribution in [3.8, 4) is 22.8 Å². The van der Waals surface area contributed by atoms with E-state index >= 15 is 0 Å². The third-order valence-corrected chi connectivity index (χ3v) is 5.95. The Labute approximate surface area is 207 Å². The van der Waals surface area contributed by atoms with Gasteiger partial charge in [0.05, 0.1) is 17.8 Å². The zero-order valence-electron chi connectivity index (χ0n) is 19.8. The van der Waals surface area contributed by atoms with Crippen molar-refractivity contribution < 1.29 is 17.9 Å². The number of halogens is 3. The van der Waals surface area contributed by atoms with Crippen LogP contribution in [0.1, 0.15) is 11.1 Å². The molecule has 0 atom stereocenters. The zero-order chi connectivity index (χ0) is 25.3. The van der Waals surface area contributed by atoms with Crippen molar-refractivity contribution in [1.29, 1.82) is 0 Å². The monoisotopic (exact) mass is 487 g/mol. The van der Waals surface area contributed by atoms with E-state index in [1.165, 1.54) is 6.07 Å². The van der Waals surface area contributed by atoms with Gasteiger partial charge in [0.2, 0.25) is 0 Å². The minimum atomic E-state index is -4.50. The highest BCUT2D eigenvalue weighted by Gasteiger charge is 2.34. The molecular formula is C29H24F3N3O. The summed E-state index contributed by atoms with van der Waals surface area (Å²) < 4.78 is 48.9. The van der Waals surface area contributed by atoms with E-state index < -0.39 is 11.7 Å². The molecule has 0 fully saturated rings. The van der Waals surface area contributed by atoms with Crippen LogP contribution in [0.4, 0.5) is 18.9 Å². The van der Waals surface area contributed by atoms with Crippen LogP contribution in [0.25, 0.3) is 22.2 Å². The third kappa shape index (κ3) is 4.77. The summed E-state index contributed by atoms with van der Waals surface area (Å²) in [6, 6.07) is 28.8. The Morgan fingerprint density at radius 3 is 2.22 bits per heavy atom. The van der Waals surface area contributed by atoms with Gasteiger partial charge in [-0.25, -0.2) is 0 Å². The van der Waals surface area contributed by atoms with Crippen molar-refractivity contribution in [3.63, 3.8) is 0 Å². The summed E-state index contributed by atoms with van der Waals surface area (Å²) in [4.78, 5) is 1.99. The lowest BCUT2D eigenvalue weighted by Gasteiger charge is -2.14. The summed E-state index contributed by atoms with van der Waals surface area (Å²) in [6.45, 7) is 0.345. The van der Waals surface area contributed by atoms with Gasteiger partial charge in [0.25, 0.3) is 0 Å². The fourth-order valence-corrected chi connectivity index (χ4v) is 4.20. The smallest absolute Gasteiger partial charge is 0.418 e. The lowest BCUT2D eigenvalue weighted by molar-refractivity contribution is -0.136. The van der Waals surface area contributed by atoms with Crippen LogP contribution in [0.2, 0.25) is 0 Å². The SMILES string of the molecule is CN(C)c1cccc(Oc2ccc(-c3c4cccc(C(F)(F)F)c4nn3Cc3ccccc3)cc2)c1. The first-order valence-electron chi connectivity index (χ1n) is 11.5. The topological polar surface area (TPSA) is 30.3 Å². The molecule has 0 bridgehead atoms. The molecule has 0 amide bonds. The maximum Gasteiger partial charge on any atom is 0.418 e. The number of anilines is 1. The Hall–Kier alpha value is -4.26. The third-order valence-electron chi connectivity index (χ3n) is 5.95. The van der Waals surface area contributed by atoms with Gasteiger partial charge in [0.15, 0.2) is 0 Å². The Kier molecular flexibility index (Phi) is 6.14. The van der Waals surface area contributed by atoms with E-state index in [4.69, 9.17) is 4.74 Å². The van der Waals surface area contributed by atoms with E-state index in [2.05, 4.69) is 5.10 Å². The first-order valence-corrected chi connectivity index (χ1v) is 11.5. The number of hydrogen-bond donors (Lipinski definition) is 0. The average Bonchev–Trinajstić information content (AvgIpc) is 3.22. The molecule has 5 rings (SSSR count). The Balaban J connectivity index is 1.55. The molecule has 4 aromatic carbocycles. The number of benzene rings is 4. The van der Waals surface area contributed by atoms with Gasteiger partial charge in [-0.1, -0.05) is 48.5 Å². The minimum Gasteiger partial charge on any atom is -0.457 e. The molecule has 36 heavy (non-hydrogen) atoms. The molecule has 5 aromatic rings. The Morgan fingerprint density at radius 2 is 1.53 bits per heavy atom. The summed E-state index contributed by atoms with van der Waals surface area (Å²) in [5.74, 6) is 1.33. The number of fused-ring (bicyclic) bond motifs is 1. The maximum absolute atomic E-state index is 13.8. The molecule has 0 spiro atoms. The lowest BCUT2D eigenvalue weighted by Crippen LogP contribution is -2.08. The van der Waals surface area contributed by atoms with Crippen LogP contribution in [-0.2, 0) is 12.7 Å². The maximum atomic E-state index is 13.8. The molecule has 0 N–H and O–H groups in total. The van der Waals surface area contributed by atoms with E-state index in [1.807, 2.05) is 97.9 Å². The van der Waals surface area contributed by atoms with Crippen molar-refractivity contribution in [1.82, 2.24) is 9.78 Å². The van der Waals surface area contributed by atoms with E-state index in [0.29, 0.717) is 29.1 Å². The number of ether oxygens (including phenoxy) is 1. The van der Waals surface area contributed by atoms with Crippen molar-refractivity contribution in [3.05, 3.63) is 108 Å². The molecule has 0 aliphatic heterocycles. The highest BCUT2D eigenvalue weighted by Crippen LogP contribution is 2.38. The minimum absolute atomic E-state index is 0.0586. The molecule has 0 aliphatic rings. The fourth-order valence-electron chi connectivity index (χ4n) is 4.20. The molecule has 0 aliphatic carbocycles. The number of nitrogens with zero attached hydrogens (tertiary/aromatic N) is 3. The van der Waals surface area contributed by atoms with Gasteiger partial charge in [-0.05, 0) is 48.0 Å². The quantitative estimate of drug-likeness (QED) is 0.247. The van der Waals surface area contributed by atoms with Gasteiger partial charge in [-0.3, -0.25) is 4.68 Å². The van der Waals surface area contributed by atoms with Crippen LogP contribution in [0.15, 0.2) is 97.1 Å². The number of rotatable bonds is 6. The summed E-state index contributed by atoms with van der Waals surface area (Å²) in [6.07, 6.45) is -4.50. The number of hydrogen-bond acceptors (Lipinski definition) is 3. The number of aromatic nitrogens is 2. The van der Waals surface area contributed by atoms with Crippen LogP contribution < -0.4 is 9.64 Å². The van der Waals surface area contributed by atoms with Gasteiger partial charge in [0.1, 0.15) is 17.0 Å². The molecule has 1 heterocycles. The van der Waals surface area contributed by atoms with E-state index in [9.17, 15) is 13.2 Å². The van der Waals surface area contributed by atoms with Gasteiger partial charge in [0, 0.05) is 36.8 Å². The van der Waals surface area contributed by atoms with Crippen molar-refractivity contribution in [2.75, 3.05) is 19.0 Å². The summed E-state index contributed by atoms with van der Waals surface area (Å²) in [5, 5.41) is 4.88. The first-order chi connectivity index (χ1) is 17.3. The Bertz CT molecular complexity index is 1490. The highest BCUT2D eigenvalue weighted by atomic mass is 19.4. The van der Waals surface area contributed by atoms with E-state index in [-0.39, 0.29) is 5.52 Å². The summed E-state index contributed by atoms with van der Waals surface area (Å²) in [5.41, 5.74) is 2.54.